The molecule has 0 spiro atoms. The summed E-state index contributed by atoms with van der Waals surface area (Å²) < 4.78 is 0. The lowest BCUT2D eigenvalue weighted by Gasteiger charge is -2.28. The highest BCUT2D eigenvalue weighted by Crippen LogP contribution is 2.32. The Morgan fingerprint density at radius 3 is 2.34 bits per heavy atom. The maximum atomic E-state index is 13.1. The first-order chi connectivity index (χ1) is 14.1. The number of benzene rings is 2. The molecule has 0 saturated carbocycles. The number of carbonyl (C=O) groups excluding carboxylic acids is 2. The standard InChI is InChI=1S/C23H26N4O2/c1-2-23(19-9-5-3-6-10-19)21(28)27(22(29)25-23)24-17-18-11-13-20(14-12-18)26-15-7-4-8-16-26/h3,5-6,9-14,17H,2,4,7-8,15-16H2,1H3,(H,25,29)/b24-17-/t23-/m1/s1. The van der Waals surface area contributed by atoms with Gasteiger partial charge < -0.3 is 10.2 Å². The molecule has 150 valence electrons. The number of anilines is 1. The lowest BCUT2D eigenvalue weighted by Crippen LogP contribution is -2.43. The summed E-state index contributed by atoms with van der Waals surface area (Å²) in [6.45, 7) is 4.07. The number of rotatable bonds is 5. The number of hydrogen-bond donors (Lipinski definition) is 1. The second kappa shape index (κ2) is 8.07. The van der Waals surface area contributed by atoms with Gasteiger partial charge >= 0.3 is 6.03 Å². The van der Waals surface area contributed by atoms with Gasteiger partial charge in [-0.15, -0.1) is 5.01 Å². The molecule has 2 aliphatic heterocycles. The van der Waals surface area contributed by atoms with Gasteiger partial charge in [-0.1, -0.05) is 49.4 Å². The van der Waals surface area contributed by atoms with Crippen LogP contribution >= 0.6 is 0 Å². The molecule has 4 rings (SSSR count). The summed E-state index contributed by atoms with van der Waals surface area (Å²) in [5.74, 6) is -0.350. The first-order valence-electron chi connectivity index (χ1n) is 10.3. The van der Waals surface area contributed by atoms with E-state index in [0.29, 0.717) is 6.42 Å². The number of hydrazone groups is 1. The van der Waals surface area contributed by atoms with Crippen LogP contribution < -0.4 is 10.2 Å². The van der Waals surface area contributed by atoms with Gasteiger partial charge in [0, 0.05) is 18.8 Å². The van der Waals surface area contributed by atoms with Crippen molar-refractivity contribution in [1.82, 2.24) is 10.3 Å². The maximum absolute atomic E-state index is 13.1. The van der Waals surface area contributed by atoms with Crippen LogP contribution in [0.15, 0.2) is 59.7 Å². The number of imide groups is 1. The number of hydrogen-bond acceptors (Lipinski definition) is 4. The summed E-state index contributed by atoms with van der Waals surface area (Å²) >= 11 is 0. The van der Waals surface area contributed by atoms with E-state index >= 15 is 0 Å². The molecule has 2 aromatic carbocycles. The third kappa shape index (κ3) is 3.62. The normalized spacial score (nSPS) is 22.4. The Labute approximate surface area is 171 Å². The Kier molecular flexibility index (Phi) is 5.34. The molecular formula is C23H26N4O2. The maximum Gasteiger partial charge on any atom is 0.346 e. The molecule has 0 aliphatic carbocycles. The Morgan fingerprint density at radius 1 is 1.00 bits per heavy atom. The number of carbonyl (C=O) groups is 2. The topological polar surface area (TPSA) is 65.0 Å². The smallest absolute Gasteiger partial charge is 0.346 e. The SMILES string of the molecule is CC[C@]1(c2ccccc2)NC(=O)N(/N=C\c2ccc(N3CCCCC3)cc2)C1=O. The molecule has 2 saturated heterocycles. The zero-order chi connectivity index (χ0) is 20.3. The summed E-state index contributed by atoms with van der Waals surface area (Å²) in [6.07, 6.45) is 5.79. The van der Waals surface area contributed by atoms with Gasteiger partial charge in [-0.25, -0.2) is 4.79 Å². The molecule has 2 aliphatic rings. The van der Waals surface area contributed by atoms with Crippen molar-refractivity contribution in [3.05, 3.63) is 65.7 Å². The van der Waals surface area contributed by atoms with Crippen LogP contribution in [0.1, 0.15) is 43.7 Å². The van der Waals surface area contributed by atoms with Crippen molar-refractivity contribution in [2.24, 2.45) is 5.10 Å². The van der Waals surface area contributed by atoms with E-state index in [1.165, 1.54) is 24.9 Å². The van der Waals surface area contributed by atoms with Crippen LogP contribution in [0.5, 0.6) is 0 Å². The van der Waals surface area contributed by atoms with Crippen molar-refractivity contribution in [2.45, 2.75) is 38.1 Å². The van der Waals surface area contributed by atoms with Crippen LogP contribution in [0, 0.1) is 0 Å². The fraction of sp³-hybridized carbons (Fsp3) is 0.348. The summed E-state index contributed by atoms with van der Waals surface area (Å²) in [7, 11) is 0. The van der Waals surface area contributed by atoms with Crippen molar-refractivity contribution >= 4 is 23.8 Å². The molecule has 0 radical (unpaired) electrons. The van der Waals surface area contributed by atoms with Crippen LogP contribution in [0.25, 0.3) is 0 Å². The predicted octanol–water partition coefficient (Wildman–Crippen LogP) is 3.87. The summed E-state index contributed by atoms with van der Waals surface area (Å²) in [5, 5.41) is 7.98. The summed E-state index contributed by atoms with van der Waals surface area (Å²) in [6, 6.07) is 16.9. The Hall–Kier alpha value is -3.15. The quantitative estimate of drug-likeness (QED) is 0.623. The molecule has 2 aromatic rings. The minimum Gasteiger partial charge on any atom is -0.372 e. The van der Waals surface area contributed by atoms with Crippen LogP contribution in [0.2, 0.25) is 0 Å². The largest absolute Gasteiger partial charge is 0.372 e. The van der Waals surface area contributed by atoms with E-state index in [1.807, 2.05) is 49.4 Å². The van der Waals surface area contributed by atoms with Gasteiger partial charge in [0.25, 0.3) is 5.91 Å². The average Bonchev–Trinajstić information content (AvgIpc) is 3.04. The van der Waals surface area contributed by atoms with Crippen LogP contribution in [-0.4, -0.2) is 36.3 Å². The molecular weight excluding hydrogens is 364 g/mol. The van der Waals surface area contributed by atoms with Crippen molar-refractivity contribution in [3.8, 4) is 0 Å². The lowest BCUT2D eigenvalue weighted by molar-refractivity contribution is -0.131. The highest BCUT2D eigenvalue weighted by Gasteiger charge is 2.51. The summed E-state index contributed by atoms with van der Waals surface area (Å²) in [4.78, 5) is 27.9. The summed E-state index contributed by atoms with van der Waals surface area (Å²) in [5.41, 5.74) is 1.75. The van der Waals surface area contributed by atoms with Crippen LogP contribution in [-0.2, 0) is 10.3 Å². The van der Waals surface area contributed by atoms with Gasteiger partial charge in [0.1, 0.15) is 5.54 Å². The van der Waals surface area contributed by atoms with Crippen LogP contribution in [0.4, 0.5) is 10.5 Å². The third-order valence-electron chi connectivity index (χ3n) is 5.80. The first-order valence-corrected chi connectivity index (χ1v) is 10.3. The van der Waals surface area contributed by atoms with Crippen LogP contribution in [0.3, 0.4) is 0 Å². The molecule has 6 nitrogen and oxygen atoms in total. The zero-order valence-electron chi connectivity index (χ0n) is 16.7. The van der Waals surface area contributed by atoms with E-state index in [0.717, 1.165) is 29.2 Å². The molecule has 1 N–H and O–H groups in total. The van der Waals surface area contributed by atoms with Crippen molar-refractivity contribution in [2.75, 3.05) is 18.0 Å². The number of nitrogens with zero attached hydrogens (tertiary/aromatic N) is 3. The van der Waals surface area contributed by atoms with E-state index in [9.17, 15) is 9.59 Å². The molecule has 29 heavy (non-hydrogen) atoms. The van der Waals surface area contributed by atoms with E-state index in [4.69, 9.17) is 0 Å². The second-order valence-electron chi connectivity index (χ2n) is 7.56. The van der Waals surface area contributed by atoms with E-state index in [-0.39, 0.29) is 5.91 Å². The number of amides is 3. The first kappa shape index (κ1) is 19.2. The van der Waals surface area contributed by atoms with Gasteiger partial charge in [-0.05, 0) is 48.9 Å². The minimum absolute atomic E-state index is 0.350. The molecule has 2 heterocycles. The molecule has 1 atom stereocenters. The van der Waals surface area contributed by atoms with Crippen molar-refractivity contribution < 1.29 is 9.59 Å². The van der Waals surface area contributed by atoms with Gasteiger partial charge in [-0.3, -0.25) is 4.79 Å². The van der Waals surface area contributed by atoms with Gasteiger partial charge in [-0.2, -0.15) is 5.10 Å². The van der Waals surface area contributed by atoms with Crippen molar-refractivity contribution in [1.29, 1.82) is 0 Å². The van der Waals surface area contributed by atoms with Gasteiger partial charge in [0.2, 0.25) is 0 Å². The molecule has 0 bridgehead atoms. The van der Waals surface area contributed by atoms with Gasteiger partial charge in [0.15, 0.2) is 0 Å². The molecule has 0 aromatic heterocycles. The minimum atomic E-state index is -1.06. The second-order valence-corrected chi connectivity index (χ2v) is 7.56. The Balaban J connectivity index is 1.51. The molecule has 6 heteroatoms. The predicted molar refractivity (Wildman–Crippen MR) is 114 cm³/mol. The zero-order valence-corrected chi connectivity index (χ0v) is 16.7. The van der Waals surface area contributed by atoms with E-state index in [1.54, 1.807) is 6.21 Å². The number of urea groups is 1. The van der Waals surface area contributed by atoms with Gasteiger partial charge in [0.05, 0.1) is 6.21 Å². The fourth-order valence-corrected chi connectivity index (χ4v) is 4.08. The highest BCUT2D eigenvalue weighted by molar-refractivity contribution is 6.07. The molecule has 3 amide bonds. The lowest BCUT2D eigenvalue weighted by atomic mass is 9.87. The Morgan fingerprint density at radius 2 is 1.69 bits per heavy atom. The average molecular weight is 390 g/mol. The third-order valence-corrected chi connectivity index (χ3v) is 5.80. The van der Waals surface area contributed by atoms with E-state index < -0.39 is 11.6 Å². The fourth-order valence-electron chi connectivity index (χ4n) is 4.08. The van der Waals surface area contributed by atoms with E-state index in [2.05, 4.69) is 27.5 Å². The van der Waals surface area contributed by atoms with Crippen molar-refractivity contribution in [3.63, 3.8) is 0 Å². The molecule has 0 unspecified atom stereocenters. The molecule has 2 fully saturated rings. The highest BCUT2D eigenvalue weighted by atomic mass is 16.2. The number of nitrogens with one attached hydrogen (secondary N) is 1. The number of piperidine rings is 1. The Bertz CT molecular complexity index is 904. The monoisotopic (exact) mass is 390 g/mol.